The standard InChI is InChI=1S/C21H25ClN2OS/c1-14-5-4-10-24(12-14)20(25)13-26-21-16-6-2-3-7-18(16)23-19-11-15(22)8-9-17(19)21/h8-9,11,14H,2-7,10,12-13H2,1H3/t14-/m0/s1. The summed E-state index contributed by atoms with van der Waals surface area (Å²) in [5.41, 5.74) is 3.52. The zero-order valence-corrected chi connectivity index (χ0v) is 16.8. The number of rotatable bonds is 3. The van der Waals surface area contributed by atoms with Crippen molar-refractivity contribution in [3.63, 3.8) is 0 Å². The van der Waals surface area contributed by atoms with Crippen LogP contribution in [0.4, 0.5) is 0 Å². The monoisotopic (exact) mass is 388 g/mol. The summed E-state index contributed by atoms with van der Waals surface area (Å²) in [7, 11) is 0. The van der Waals surface area contributed by atoms with Gasteiger partial charge in [0.1, 0.15) is 0 Å². The first-order valence-electron chi connectivity index (χ1n) is 9.63. The Morgan fingerprint density at radius 2 is 2.15 bits per heavy atom. The first-order chi connectivity index (χ1) is 12.6. The lowest BCUT2D eigenvalue weighted by atomic mass is 9.94. The quantitative estimate of drug-likeness (QED) is 0.684. The fraction of sp³-hybridized carbons (Fsp3) is 0.524. The first kappa shape index (κ1) is 18.1. The van der Waals surface area contributed by atoms with Gasteiger partial charge >= 0.3 is 0 Å². The Bertz CT molecular complexity index is 838. The number of piperidine rings is 1. The number of hydrogen-bond acceptors (Lipinski definition) is 3. The number of hydrogen-bond donors (Lipinski definition) is 0. The van der Waals surface area contributed by atoms with E-state index in [1.54, 1.807) is 11.8 Å². The molecule has 138 valence electrons. The topological polar surface area (TPSA) is 33.2 Å². The van der Waals surface area contributed by atoms with E-state index in [4.69, 9.17) is 16.6 Å². The van der Waals surface area contributed by atoms with Crippen LogP contribution < -0.4 is 0 Å². The lowest BCUT2D eigenvalue weighted by Gasteiger charge is -2.31. The molecule has 1 aliphatic heterocycles. The van der Waals surface area contributed by atoms with E-state index in [1.807, 2.05) is 17.0 Å². The van der Waals surface area contributed by atoms with Crippen molar-refractivity contribution in [1.29, 1.82) is 0 Å². The molecule has 1 aromatic carbocycles. The third-order valence-corrected chi connectivity index (χ3v) is 6.90. The van der Waals surface area contributed by atoms with Crippen molar-refractivity contribution in [2.24, 2.45) is 5.92 Å². The highest BCUT2D eigenvalue weighted by molar-refractivity contribution is 8.00. The Hall–Kier alpha value is -1.26. The average Bonchev–Trinajstić information content (AvgIpc) is 2.64. The lowest BCUT2D eigenvalue weighted by molar-refractivity contribution is -0.130. The summed E-state index contributed by atoms with van der Waals surface area (Å²) in [6, 6.07) is 5.94. The van der Waals surface area contributed by atoms with Crippen molar-refractivity contribution in [2.75, 3.05) is 18.8 Å². The molecular formula is C21H25ClN2OS. The van der Waals surface area contributed by atoms with E-state index in [9.17, 15) is 4.79 Å². The van der Waals surface area contributed by atoms with Gasteiger partial charge in [0.15, 0.2) is 0 Å². The number of pyridine rings is 1. The summed E-state index contributed by atoms with van der Waals surface area (Å²) in [4.78, 5) is 20.9. The molecule has 1 saturated heterocycles. The van der Waals surface area contributed by atoms with Gasteiger partial charge in [0.2, 0.25) is 5.91 Å². The molecule has 3 nitrogen and oxygen atoms in total. The molecule has 0 bridgehead atoms. The minimum atomic E-state index is 0.269. The van der Waals surface area contributed by atoms with Crippen molar-refractivity contribution >= 4 is 40.2 Å². The number of nitrogens with zero attached hydrogens (tertiary/aromatic N) is 2. The number of carbonyl (C=O) groups is 1. The Labute approximate surface area is 164 Å². The third-order valence-electron chi connectivity index (χ3n) is 5.52. The molecule has 1 amide bonds. The van der Waals surface area contributed by atoms with E-state index < -0.39 is 0 Å². The van der Waals surface area contributed by atoms with Gasteiger partial charge in [-0.25, -0.2) is 0 Å². The van der Waals surface area contributed by atoms with Crippen molar-refractivity contribution in [1.82, 2.24) is 9.88 Å². The predicted molar refractivity (Wildman–Crippen MR) is 109 cm³/mol. The average molecular weight is 389 g/mol. The number of aryl methyl sites for hydroxylation is 1. The summed E-state index contributed by atoms with van der Waals surface area (Å²) in [6.45, 7) is 4.06. The number of aromatic nitrogens is 1. The van der Waals surface area contributed by atoms with Crippen LogP contribution in [0.15, 0.2) is 23.1 Å². The van der Waals surface area contributed by atoms with Crippen molar-refractivity contribution in [2.45, 2.75) is 50.3 Å². The van der Waals surface area contributed by atoms with E-state index in [0.717, 1.165) is 48.3 Å². The molecule has 0 spiro atoms. The Morgan fingerprint density at radius 1 is 1.31 bits per heavy atom. The molecule has 2 aromatic rings. The van der Waals surface area contributed by atoms with Gasteiger partial charge in [-0.3, -0.25) is 9.78 Å². The molecule has 1 aromatic heterocycles. The summed E-state index contributed by atoms with van der Waals surface area (Å²) in [5.74, 6) is 1.40. The Morgan fingerprint density at radius 3 is 3.00 bits per heavy atom. The van der Waals surface area contributed by atoms with Gasteiger partial charge in [-0.05, 0) is 62.1 Å². The van der Waals surface area contributed by atoms with Gasteiger partial charge < -0.3 is 4.90 Å². The van der Waals surface area contributed by atoms with Crippen molar-refractivity contribution in [3.05, 3.63) is 34.5 Å². The summed E-state index contributed by atoms with van der Waals surface area (Å²) < 4.78 is 0. The highest BCUT2D eigenvalue weighted by Gasteiger charge is 2.23. The molecule has 0 radical (unpaired) electrons. The van der Waals surface area contributed by atoms with Crippen LogP contribution in [0.25, 0.3) is 10.9 Å². The first-order valence-corrected chi connectivity index (χ1v) is 11.0. The lowest BCUT2D eigenvalue weighted by Crippen LogP contribution is -2.40. The number of thioether (sulfide) groups is 1. The molecular weight excluding hydrogens is 364 g/mol. The van der Waals surface area contributed by atoms with Crippen LogP contribution in [-0.2, 0) is 17.6 Å². The number of likely N-dealkylation sites (tertiary alicyclic amines) is 1. The number of halogens is 1. The van der Waals surface area contributed by atoms with E-state index >= 15 is 0 Å². The van der Waals surface area contributed by atoms with Gasteiger partial charge in [0.25, 0.3) is 0 Å². The van der Waals surface area contributed by atoms with E-state index in [1.165, 1.54) is 35.4 Å². The van der Waals surface area contributed by atoms with Gasteiger partial charge in [0, 0.05) is 34.1 Å². The number of fused-ring (bicyclic) bond motifs is 2. The Kier molecular flexibility index (Phi) is 5.42. The maximum absolute atomic E-state index is 12.7. The number of amides is 1. The molecule has 4 rings (SSSR count). The third kappa shape index (κ3) is 3.72. The molecule has 2 heterocycles. The molecule has 1 atom stereocenters. The van der Waals surface area contributed by atoms with Gasteiger partial charge in [-0.15, -0.1) is 11.8 Å². The smallest absolute Gasteiger partial charge is 0.232 e. The molecule has 1 aliphatic carbocycles. The second-order valence-corrected chi connectivity index (χ2v) is 9.03. The van der Waals surface area contributed by atoms with Crippen LogP contribution in [0.5, 0.6) is 0 Å². The predicted octanol–water partition coefficient (Wildman–Crippen LogP) is 5.12. The highest BCUT2D eigenvalue weighted by atomic mass is 35.5. The van der Waals surface area contributed by atoms with Crippen LogP contribution in [0, 0.1) is 5.92 Å². The van der Waals surface area contributed by atoms with Crippen molar-refractivity contribution in [3.8, 4) is 0 Å². The molecule has 1 fully saturated rings. The normalized spacial score (nSPS) is 20.2. The van der Waals surface area contributed by atoms with E-state index in [2.05, 4.69) is 13.0 Å². The van der Waals surface area contributed by atoms with Crippen LogP contribution in [0.3, 0.4) is 0 Å². The van der Waals surface area contributed by atoms with Crippen molar-refractivity contribution < 1.29 is 4.79 Å². The minimum Gasteiger partial charge on any atom is -0.342 e. The van der Waals surface area contributed by atoms with Gasteiger partial charge in [-0.2, -0.15) is 0 Å². The molecule has 0 saturated carbocycles. The molecule has 5 heteroatoms. The summed E-state index contributed by atoms with van der Waals surface area (Å²) >= 11 is 7.89. The van der Waals surface area contributed by atoms with Crippen LogP contribution >= 0.6 is 23.4 Å². The zero-order valence-electron chi connectivity index (χ0n) is 15.3. The van der Waals surface area contributed by atoms with Gasteiger partial charge in [-0.1, -0.05) is 24.6 Å². The van der Waals surface area contributed by atoms with Crippen LogP contribution in [0.1, 0.15) is 43.9 Å². The van der Waals surface area contributed by atoms with Crippen LogP contribution in [-0.4, -0.2) is 34.6 Å². The summed E-state index contributed by atoms with van der Waals surface area (Å²) in [5, 5.41) is 1.86. The van der Waals surface area contributed by atoms with Gasteiger partial charge in [0.05, 0.1) is 11.3 Å². The second-order valence-electron chi connectivity index (χ2n) is 7.61. The summed E-state index contributed by atoms with van der Waals surface area (Å²) in [6.07, 6.45) is 6.87. The van der Waals surface area contributed by atoms with E-state index in [-0.39, 0.29) is 5.91 Å². The Balaban J connectivity index is 1.61. The molecule has 2 aliphatic rings. The highest BCUT2D eigenvalue weighted by Crippen LogP contribution is 2.37. The molecule has 0 N–H and O–H groups in total. The molecule has 26 heavy (non-hydrogen) atoms. The zero-order chi connectivity index (χ0) is 18.1. The number of benzene rings is 1. The number of carbonyl (C=O) groups excluding carboxylic acids is 1. The fourth-order valence-corrected chi connectivity index (χ4v) is 5.50. The fourth-order valence-electron chi connectivity index (χ4n) is 4.16. The maximum atomic E-state index is 12.7. The second kappa shape index (κ2) is 7.77. The van der Waals surface area contributed by atoms with Crippen LogP contribution in [0.2, 0.25) is 5.02 Å². The minimum absolute atomic E-state index is 0.269. The van der Waals surface area contributed by atoms with E-state index in [0.29, 0.717) is 11.7 Å². The largest absolute Gasteiger partial charge is 0.342 e. The maximum Gasteiger partial charge on any atom is 0.232 e. The molecule has 0 unspecified atom stereocenters. The SMILES string of the molecule is C[C@H]1CCCN(C(=O)CSc2c3c(nc4cc(Cl)ccc24)CCCC3)C1.